The molecule has 1 heterocycles. The number of rotatable bonds is 3. The lowest BCUT2D eigenvalue weighted by Gasteiger charge is -2.11. The fourth-order valence-corrected chi connectivity index (χ4v) is 2.05. The number of hydrogen-bond acceptors (Lipinski definition) is 2. The van der Waals surface area contributed by atoms with Crippen LogP contribution < -0.4 is 5.73 Å². The maximum atomic E-state index is 6.06. The number of halogens is 2. The van der Waals surface area contributed by atoms with Crippen LogP contribution in [0.3, 0.4) is 0 Å². The van der Waals surface area contributed by atoms with Gasteiger partial charge in [-0.1, -0.05) is 29.8 Å². The summed E-state index contributed by atoms with van der Waals surface area (Å²) in [6.07, 6.45) is 2.17. The molecule has 1 aromatic carbocycles. The van der Waals surface area contributed by atoms with Gasteiger partial charge in [-0.05, 0) is 35.7 Å². The van der Waals surface area contributed by atoms with Crippen molar-refractivity contribution in [1.29, 1.82) is 0 Å². The van der Waals surface area contributed by atoms with E-state index in [1.54, 1.807) is 6.07 Å². The topological polar surface area (TPSA) is 39.2 Å². The van der Waals surface area contributed by atoms with Gasteiger partial charge in [0.15, 0.2) is 5.22 Å². The lowest BCUT2D eigenvalue weighted by atomic mass is 10.0. The molecule has 2 rings (SSSR count). The predicted octanol–water partition coefficient (Wildman–Crippen LogP) is 3.83. The predicted molar refractivity (Wildman–Crippen MR) is 65.8 cm³/mol. The minimum absolute atomic E-state index is 0.203. The highest BCUT2D eigenvalue weighted by atomic mass is 35.5. The SMILES string of the molecule is NC(Cc1ccccc1Cl)c1ccoc1Cl. The number of benzene rings is 1. The molecule has 2 nitrogen and oxygen atoms in total. The molecule has 0 saturated heterocycles. The average molecular weight is 256 g/mol. The van der Waals surface area contributed by atoms with Crippen LogP contribution in [0.15, 0.2) is 41.0 Å². The van der Waals surface area contributed by atoms with Gasteiger partial charge in [0.1, 0.15) is 0 Å². The zero-order valence-electron chi connectivity index (χ0n) is 8.49. The molecule has 0 spiro atoms. The molecule has 0 radical (unpaired) electrons. The fraction of sp³-hybridized carbons (Fsp3) is 0.167. The van der Waals surface area contributed by atoms with E-state index in [2.05, 4.69) is 0 Å². The standard InChI is InChI=1S/C12H11Cl2NO/c13-10-4-2-1-3-8(10)7-11(15)9-5-6-16-12(9)14/h1-6,11H,7,15H2. The van der Waals surface area contributed by atoms with Crippen LogP contribution in [-0.4, -0.2) is 0 Å². The van der Waals surface area contributed by atoms with Crippen LogP contribution in [0.25, 0.3) is 0 Å². The third kappa shape index (κ3) is 2.40. The van der Waals surface area contributed by atoms with Crippen molar-refractivity contribution in [1.82, 2.24) is 0 Å². The zero-order chi connectivity index (χ0) is 11.5. The van der Waals surface area contributed by atoms with E-state index in [-0.39, 0.29) is 6.04 Å². The second-order valence-corrected chi connectivity index (χ2v) is 4.30. The maximum absolute atomic E-state index is 6.06. The minimum Gasteiger partial charge on any atom is -0.453 e. The molecule has 16 heavy (non-hydrogen) atoms. The highest BCUT2D eigenvalue weighted by molar-refractivity contribution is 6.31. The van der Waals surface area contributed by atoms with Crippen LogP contribution in [0.1, 0.15) is 17.2 Å². The Morgan fingerprint density at radius 1 is 1.19 bits per heavy atom. The summed E-state index contributed by atoms with van der Waals surface area (Å²) in [5, 5.41) is 1.07. The van der Waals surface area contributed by atoms with Gasteiger partial charge in [-0.3, -0.25) is 0 Å². The second kappa shape index (κ2) is 4.91. The van der Waals surface area contributed by atoms with Gasteiger partial charge in [0.25, 0.3) is 0 Å². The van der Waals surface area contributed by atoms with Gasteiger partial charge in [-0.2, -0.15) is 0 Å². The largest absolute Gasteiger partial charge is 0.453 e. The van der Waals surface area contributed by atoms with Crippen molar-refractivity contribution in [3.63, 3.8) is 0 Å². The van der Waals surface area contributed by atoms with E-state index in [4.69, 9.17) is 33.4 Å². The van der Waals surface area contributed by atoms with Crippen LogP contribution >= 0.6 is 23.2 Å². The number of nitrogens with two attached hydrogens (primary N) is 1. The first-order chi connectivity index (χ1) is 7.68. The van der Waals surface area contributed by atoms with E-state index in [1.807, 2.05) is 24.3 Å². The van der Waals surface area contributed by atoms with E-state index < -0.39 is 0 Å². The van der Waals surface area contributed by atoms with E-state index in [1.165, 1.54) is 6.26 Å². The molecule has 0 aliphatic carbocycles. The third-order valence-electron chi connectivity index (χ3n) is 2.44. The summed E-state index contributed by atoms with van der Waals surface area (Å²) in [4.78, 5) is 0. The Morgan fingerprint density at radius 2 is 1.94 bits per heavy atom. The maximum Gasteiger partial charge on any atom is 0.197 e. The molecule has 1 unspecified atom stereocenters. The normalized spacial score (nSPS) is 12.7. The summed E-state index contributed by atoms with van der Waals surface area (Å²) in [6, 6.07) is 9.21. The van der Waals surface area contributed by atoms with Crippen molar-refractivity contribution in [2.75, 3.05) is 0 Å². The molecular formula is C12H11Cl2NO. The monoisotopic (exact) mass is 255 g/mol. The Bertz CT molecular complexity index is 481. The van der Waals surface area contributed by atoms with Crippen molar-refractivity contribution in [3.8, 4) is 0 Å². The van der Waals surface area contributed by atoms with Gasteiger partial charge in [0, 0.05) is 16.6 Å². The molecule has 1 aromatic heterocycles. The molecule has 0 bridgehead atoms. The van der Waals surface area contributed by atoms with E-state index in [9.17, 15) is 0 Å². The first kappa shape index (κ1) is 11.5. The van der Waals surface area contributed by atoms with Crippen molar-refractivity contribution < 1.29 is 4.42 Å². The Kier molecular flexibility index (Phi) is 3.54. The Balaban J connectivity index is 2.17. The molecule has 0 amide bonds. The lowest BCUT2D eigenvalue weighted by Crippen LogP contribution is -2.13. The van der Waals surface area contributed by atoms with Crippen molar-refractivity contribution in [2.24, 2.45) is 5.73 Å². The zero-order valence-corrected chi connectivity index (χ0v) is 10.0. The van der Waals surface area contributed by atoms with Crippen molar-refractivity contribution in [2.45, 2.75) is 12.5 Å². The van der Waals surface area contributed by atoms with Crippen LogP contribution in [0.4, 0.5) is 0 Å². The summed E-state index contributed by atoms with van der Waals surface area (Å²) in [5.74, 6) is 0. The van der Waals surface area contributed by atoms with Gasteiger partial charge in [0.05, 0.1) is 6.26 Å². The molecular weight excluding hydrogens is 245 g/mol. The highest BCUT2D eigenvalue weighted by Gasteiger charge is 2.14. The van der Waals surface area contributed by atoms with Crippen LogP contribution in [0.2, 0.25) is 10.2 Å². The molecule has 0 aliphatic heterocycles. The van der Waals surface area contributed by atoms with Crippen molar-refractivity contribution >= 4 is 23.2 Å². The second-order valence-electron chi connectivity index (χ2n) is 3.55. The molecule has 0 saturated carbocycles. The quantitative estimate of drug-likeness (QED) is 0.906. The first-order valence-corrected chi connectivity index (χ1v) is 5.66. The lowest BCUT2D eigenvalue weighted by molar-refractivity contribution is 0.560. The van der Waals surface area contributed by atoms with Gasteiger partial charge >= 0.3 is 0 Å². The molecule has 1 atom stereocenters. The van der Waals surface area contributed by atoms with Crippen LogP contribution in [0, 0.1) is 0 Å². The van der Waals surface area contributed by atoms with E-state index >= 15 is 0 Å². The summed E-state index contributed by atoms with van der Waals surface area (Å²) < 4.78 is 5.01. The molecule has 2 aromatic rings. The van der Waals surface area contributed by atoms with Gasteiger partial charge < -0.3 is 10.2 Å². The highest BCUT2D eigenvalue weighted by Crippen LogP contribution is 2.27. The van der Waals surface area contributed by atoms with Crippen molar-refractivity contribution in [3.05, 3.63) is 58.0 Å². The van der Waals surface area contributed by atoms with E-state index in [0.717, 1.165) is 16.1 Å². The van der Waals surface area contributed by atoms with Gasteiger partial charge in [0.2, 0.25) is 0 Å². The molecule has 2 N–H and O–H groups in total. The van der Waals surface area contributed by atoms with Gasteiger partial charge in [-0.25, -0.2) is 0 Å². The Labute approximate surface area is 104 Å². The molecule has 0 aliphatic rings. The summed E-state index contributed by atoms with van der Waals surface area (Å²) in [5.41, 5.74) is 7.85. The number of furan rings is 1. The third-order valence-corrected chi connectivity index (χ3v) is 3.12. The Morgan fingerprint density at radius 3 is 2.56 bits per heavy atom. The van der Waals surface area contributed by atoms with Crippen LogP contribution in [0.5, 0.6) is 0 Å². The molecule has 84 valence electrons. The molecule has 4 heteroatoms. The van der Waals surface area contributed by atoms with Crippen LogP contribution in [-0.2, 0) is 6.42 Å². The summed E-state index contributed by atoms with van der Waals surface area (Å²) in [7, 11) is 0. The summed E-state index contributed by atoms with van der Waals surface area (Å²) >= 11 is 11.9. The minimum atomic E-state index is -0.203. The van der Waals surface area contributed by atoms with Gasteiger partial charge in [-0.15, -0.1) is 0 Å². The molecule has 0 fully saturated rings. The Hall–Kier alpha value is -0.960. The smallest absolute Gasteiger partial charge is 0.197 e. The first-order valence-electron chi connectivity index (χ1n) is 4.90. The van der Waals surface area contributed by atoms with E-state index in [0.29, 0.717) is 11.6 Å². The summed E-state index contributed by atoms with van der Waals surface area (Å²) in [6.45, 7) is 0. The average Bonchev–Trinajstić information content (AvgIpc) is 2.68. The number of hydrogen-bond donors (Lipinski definition) is 1. The fourth-order valence-electron chi connectivity index (χ4n) is 1.58.